The highest BCUT2D eigenvalue weighted by Crippen LogP contribution is 2.23. The summed E-state index contributed by atoms with van der Waals surface area (Å²) < 4.78 is 0. The Morgan fingerprint density at radius 3 is 2.95 bits per heavy atom. The van der Waals surface area contributed by atoms with Crippen molar-refractivity contribution in [3.8, 4) is 6.07 Å². The van der Waals surface area contributed by atoms with Crippen LogP contribution in [0.4, 0.5) is 11.4 Å². The highest BCUT2D eigenvalue weighted by atomic mass is 32.1. The molecule has 96 valence electrons. The van der Waals surface area contributed by atoms with Gasteiger partial charge in [0.15, 0.2) is 0 Å². The molecule has 1 aromatic heterocycles. The van der Waals surface area contributed by atoms with Gasteiger partial charge in [-0.2, -0.15) is 5.26 Å². The average Bonchev–Trinajstić information content (AvgIpc) is 2.81. The van der Waals surface area contributed by atoms with Gasteiger partial charge >= 0.3 is 0 Å². The van der Waals surface area contributed by atoms with Gasteiger partial charge in [-0.15, -0.1) is 11.3 Å². The third-order valence-corrected chi connectivity index (χ3v) is 3.55. The Bertz CT molecular complexity index is 660. The van der Waals surface area contributed by atoms with Gasteiger partial charge in [0, 0.05) is 16.6 Å². The van der Waals surface area contributed by atoms with Crippen molar-refractivity contribution < 1.29 is 4.92 Å². The fourth-order valence-corrected chi connectivity index (χ4v) is 2.28. The number of nitro groups is 1. The van der Waals surface area contributed by atoms with E-state index < -0.39 is 4.92 Å². The maximum absolute atomic E-state index is 10.8. The number of nitro benzene ring substituents is 1. The molecule has 0 aliphatic carbocycles. The van der Waals surface area contributed by atoms with Crippen LogP contribution < -0.4 is 5.32 Å². The van der Waals surface area contributed by atoms with Gasteiger partial charge in [0.2, 0.25) is 0 Å². The number of thiazole rings is 1. The molecule has 0 unspecified atom stereocenters. The van der Waals surface area contributed by atoms with Crippen LogP contribution in [0, 0.1) is 28.4 Å². The van der Waals surface area contributed by atoms with Crippen molar-refractivity contribution in [1.82, 2.24) is 4.98 Å². The zero-order chi connectivity index (χ0) is 13.8. The SMILES string of the molecule is Cc1ncsc1CNc1ccc(C#N)c([N+](=O)[O-])c1. The van der Waals surface area contributed by atoms with Crippen LogP contribution in [0.25, 0.3) is 0 Å². The summed E-state index contributed by atoms with van der Waals surface area (Å²) in [4.78, 5) is 15.5. The van der Waals surface area contributed by atoms with Crippen LogP contribution >= 0.6 is 11.3 Å². The molecule has 0 bridgehead atoms. The van der Waals surface area contributed by atoms with Gasteiger partial charge in [0.1, 0.15) is 11.6 Å². The maximum atomic E-state index is 10.8. The lowest BCUT2D eigenvalue weighted by atomic mass is 10.2. The molecule has 0 fully saturated rings. The van der Waals surface area contributed by atoms with Crippen LogP contribution in [0.3, 0.4) is 0 Å². The van der Waals surface area contributed by atoms with E-state index in [1.165, 1.54) is 23.5 Å². The first-order valence-corrected chi connectivity index (χ1v) is 6.31. The number of benzene rings is 1. The van der Waals surface area contributed by atoms with Crippen LogP contribution in [-0.4, -0.2) is 9.91 Å². The van der Waals surface area contributed by atoms with E-state index in [-0.39, 0.29) is 11.3 Å². The largest absolute Gasteiger partial charge is 0.380 e. The smallest absolute Gasteiger partial charge is 0.289 e. The van der Waals surface area contributed by atoms with E-state index in [9.17, 15) is 10.1 Å². The lowest BCUT2D eigenvalue weighted by Gasteiger charge is -2.05. The van der Waals surface area contributed by atoms with Crippen molar-refractivity contribution in [1.29, 1.82) is 5.26 Å². The molecular weight excluding hydrogens is 264 g/mol. The summed E-state index contributed by atoms with van der Waals surface area (Å²) in [7, 11) is 0. The number of hydrogen-bond donors (Lipinski definition) is 1. The number of aromatic nitrogens is 1. The number of anilines is 1. The third-order valence-electron chi connectivity index (χ3n) is 2.61. The molecule has 0 atom stereocenters. The standard InChI is InChI=1S/C12H10N4O2S/c1-8-12(19-7-15-8)6-14-10-3-2-9(5-13)11(4-10)16(17)18/h2-4,7,14H,6H2,1H3. The van der Waals surface area contributed by atoms with Crippen LogP contribution in [-0.2, 0) is 6.54 Å². The Hall–Kier alpha value is -2.46. The first-order valence-electron chi connectivity index (χ1n) is 5.43. The molecule has 6 nitrogen and oxygen atoms in total. The lowest BCUT2D eigenvalue weighted by Crippen LogP contribution is -2.00. The predicted octanol–water partition coefficient (Wildman–Crippen LogP) is 2.84. The zero-order valence-electron chi connectivity index (χ0n) is 10.1. The molecule has 0 aliphatic heterocycles. The molecule has 0 spiro atoms. The molecule has 1 aromatic carbocycles. The summed E-state index contributed by atoms with van der Waals surface area (Å²) >= 11 is 1.53. The summed E-state index contributed by atoms with van der Waals surface area (Å²) in [5.74, 6) is 0. The minimum Gasteiger partial charge on any atom is -0.380 e. The molecular formula is C12H10N4O2S. The second-order valence-corrected chi connectivity index (χ2v) is 4.75. The first kappa shape index (κ1) is 13.0. The van der Waals surface area contributed by atoms with E-state index >= 15 is 0 Å². The van der Waals surface area contributed by atoms with Crippen LogP contribution in [0.5, 0.6) is 0 Å². The van der Waals surface area contributed by atoms with Gasteiger partial charge in [0.05, 0.1) is 22.7 Å². The molecule has 0 saturated heterocycles. The number of aryl methyl sites for hydroxylation is 1. The Labute approximate surface area is 113 Å². The van der Waals surface area contributed by atoms with Gasteiger partial charge in [-0.05, 0) is 19.1 Å². The molecule has 0 saturated carbocycles. The van der Waals surface area contributed by atoms with E-state index in [1.54, 1.807) is 17.6 Å². The first-order chi connectivity index (χ1) is 9.11. The van der Waals surface area contributed by atoms with Crippen molar-refractivity contribution in [2.75, 3.05) is 5.32 Å². The van der Waals surface area contributed by atoms with Crippen molar-refractivity contribution in [3.05, 3.63) is 50.0 Å². The molecule has 19 heavy (non-hydrogen) atoms. The second kappa shape index (κ2) is 5.46. The van der Waals surface area contributed by atoms with Gasteiger partial charge in [-0.1, -0.05) is 0 Å². The number of nitriles is 1. The lowest BCUT2D eigenvalue weighted by molar-refractivity contribution is -0.385. The Kier molecular flexibility index (Phi) is 3.73. The van der Waals surface area contributed by atoms with Crippen LogP contribution in [0.1, 0.15) is 16.1 Å². The molecule has 7 heteroatoms. The van der Waals surface area contributed by atoms with Gasteiger partial charge in [0.25, 0.3) is 5.69 Å². The number of nitrogens with one attached hydrogen (secondary N) is 1. The third kappa shape index (κ3) is 2.86. The highest BCUT2D eigenvalue weighted by molar-refractivity contribution is 7.09. The Morgan fingerprint density at radius 2 is 2.37 bits per heavy atom. The van der Waals surface area contributed by atoms with Crippen LogP contribution in [0.15, 0.2) is 23.7 Å². The molecule has 1 heterocycles. The molecule has 1 N–H and O–H groups in total. The van der Waals surface area contributed by atoms with Crippen molar-refractivity contribution in [2.45, 2.75) is 13.5 Å². The summed E-state index contributed by atoms with van der Waals surface area (Å²) in [6.45, 7) is 2.47. The molecule has 0 amide bonds. The average molecular weight is 274 g/mol. The summed E-state index contributed by atoms with van der Waals surface area (Å²) in [5, 5.41) is 22.7. The zero-order valence-corrected chi connectivity index (χ0v) is 10.9. The Morgan fingerprint density at radius 1 is 1.58 bits per heavy atom. The minimum absolute atomic E-state index is 0.0597. The molecule has 0 radical (unpaired) electrons. The van der Waals surface area contributed by atoms with Crippen molar-refractivity contribution in [2.24, 2.45) is 0 Å². The fourth-order valence-electron chi connectivity index (χ4n) is 1.57. The summed E-state index contributed by atoms with van der Waals surface area (Å²) in [5.41, 5.74) is 3.19. The fraction of sp³-hybridized carbons (Fsp3) is 0.167. The maximum Gasteiger partial charge on any atom is 0.289 e. The van der Waals surface area contributed by atoms with E-state index in [2.05, 4.69) is 10.3 Å². The Balaban J connectivity index is 2.18. The topological polar surface area (TPSA) is 91.8 Å². The van der Waals surface area contributed by atoms with E-state index in [0.29, 0.717) is 12.2 Å². The van der Waals surface area contributed by atoms with Gasteiger partial charge < -0.3 is 5.32 Å². The van der Waals surface area contributed by atoms with Crippen molar-refractivity contribution in [3.63, 3.8) is 0 Å². The van der Waals surface area contributed by atoms with Gasteiger partial charge in [-0.25, -0.2) is 4.98 Å². The number of hydrogen-bond acceptors (Lipinski definition) is 6. The second-order valence-electron chi connectivity index (χ2n) is 3.82. The predicted molar refractivity (Wildman–Crippen MR) is 72.0 cm³/mol. The van der Waals surface area contributed by atoms with E-state index in [0.717, 1.165) is 10.6 Å². The van der Waals surface area contributed by atoms with Crippen molar-refractivity contribution >= 4 is 22.7 Å². The molecule has 2 aromatic rings. The summed E-state index contributed by atoms with van der Waals surface area (Å²) in [6.07, 6.45) is 0. The molecule has 2 rings (SSSR count). The van der Waals surface area contributed by atoms with E-state index in [1.807, 2.05) is 6.92 Å². The number of nitrogens with zero attached hydrogens (tertiary/aromatic N) is 3. The quantitative estimate of drug-likeness (QED) is 0.683. The van der Waals surface area contributed by atoms with E-state index in [4.69, 9.17) is 5.26 Å². The monoisotopic (exact) mass is 274 g/mol. The highest BCUT2D eigenvalue weighted by Gasteiger charge is 2.14. The molecule has 0 aliphatic rings. The summed E-state index contributed by atoms with van der Waals surface area (Å²) in [6, 6.07) is 6.27. The number of rotatable bonds is 4. The van der Waals surface area contributed by atoms with Crippen LogP contribution in [0.2, 0.25) is 0 Å². The van der Waals surface area contributed by atoms with Gasteiger partial charge in [-0.3, -0.25) is 10.1 Å². The minimum atomic E-state index is -0.554. The normalized spacial score (nSPS) is 9.89.